The number of hydrogen-bond acceptors (Lipinski definition) is 4. The van der Waals surface area contributed by atoms with Crippen LogP contribution in [0.15, 0.2) is 18.2 Å². The van der Waals surface area contributed by atoms with Crippen LogP contribution < -0.4 is 10.1 Å². The monoisotopic (exact) mass is 346 g/mol. The second-order valence-corrected chi connectivity index (χ2v) is 6.86. The van der Waals surface area contributed by atoms with Crippen LogP contribution in [0.2, 0.25) is 5.02 Å². The van der Waals surface area contributed by atoms with Gasteiger partial charge in [-0.1, -0.05) is 11.6 Å². The van der Waals surface area contributed by atoms with Crippen molar-refractivity contribution >= 4 is 17.5 Å². The molecule has 2 aliphatic heterocycles. The maximum Gasteiger partial charge on any atom is 0.227 e. The van der Waals surface area contributed by atoms with E-state index in [1.54, 1.807) is 6.07 Å². The third-order valence-corrected chi connectivity index (χ3v) is 4.92. The van der Waals surface area contributed by atoms with E-state index in [0.717, 1.165) is 42.3 Å². The maximum absolute atomic E-state index is 12.6. The molecule has 2 aromatic rings. The third kappa shape index (κ3) is 2.75. The third-order valence-electron chi connectivity index (χ3n) is 4.68. The largest absolute Gasteiger partial charge is 0.492 e. The lowest BCUT2D eigenvalue weighted by molar-refractivity contribution is -0.127. The molecule has 1 N–H and O–H groups in total. The van der Waals surface area contributed by atoms with E-state index < -0.39 is 0 Å². The summed E-state index contributed by atoms with van der Waals surface area (Å²) in [5, 5.41) is 12.1. The molecule has 1 aromatic heterocycles. The van der Waals surface area contributed by atoms with Crippen LogP contribution in [0.25, 0.3) is 0 Å². The number of aryl methyl sites for hydroxylation is 1. The Kier molecular flexibility index (Phi) is 3.92. The molecular formula is C17H19ClN4O2. The summed E-state index contributed by atoms with van der Waals surface area (Å²) in [7, 11) is 0. The summed E-state index contributed by atoms with van der Waals surface area (Å²) in [5.41, 5.74) is 0.977. The van der Waals surface area contributed by atoms with Crippen LogP contribution in [0.1, 0.15) is 36.6 Å². The molecule has 0 radical (unpaired) electrons. The van der Waals surface area contributed by atoms with Crippen LogP contribution in [0, 0.1) is 5.92 Å². The molecule has 7 heteroatoms. The van der Waals surface area contributed by atoms with Crippen LogP contribution in [0.3, 0.4) is 0 Å². The highest BCUT2D eigenvalue weighted by Crippen LogP contribution is 2.30. The van der Waals surface area contributed by atoms with Gasteiger partial charge in [0.1, 0.15) is 18.2 Å². The molecule has 4 rings (SSSR count). The minimum absolute atomic E-state index is 0.0246. The molecule has 1 amide bonds. The summed E-state index contributed by atoms with van der Waals surface area (Å²) in [5.74, 6) is 2.40. The number of fused-ring (bicyclic) bond motifs is 2. The molecule has 0 saturated heterocycles. The van der Waals surface area contributed by atoms with Crippen molar-refractivity contribution in [2.75, 3.05) is 6.61 Å². The first-order valence-electron chi connectivity index (χ1n) is 8.25. The number of amides is 1. The normalized spacial score (nSPS) is 20.0. The predicted molar refractivity (Wildman–Crippen MR) is 89.0 cm³/mol. The minimum atomic E-state index is -0.223. The van der Waals surface area contributed by atoms with Gasteiger partial charge in [0.05, 0.1) is 12.0 Å². The fraction of sp³-hybridized carbons (Fsp3) is 0.471. The number of hydrogen-bond donors (Lipinski definition) is 1. The predicted octanol–water partition coefficient (Wildman–Crippen LogP) is 2.31. The molecule has 2 aliphatic rings. The molecule has 3 heterocycles. The van der Waals surface area contributed by atoms with Crippen molar-refractivity contribution in [3.63, 3.8) is 0 Å². The Bertz CT molecular complexity index is 789. The van der Waals surface area contributed by atoms with E-state index in [2.05, 4.69) is 20.1 Å². The quantitative estimate of drug-likeness (QED) is 0.926. The van der Waals surface area contributed by atoms with E-state index >= 15 is 0 Å². The van der Waals surface area contributed by atoms with E-state index in [0.29, 0.717) is 18.1 Å². The summed E-state index contributed by atoms with van der Waals surface area (Å²) >= 11 is 6.04. The van der Waals surface area contributed by atoms with Crippen LogP contribution >= 0.6 is 11.6 Å². The molecular weight excluding hydrogens is 328 g/mol. The van der Waals surface area contributed by atoms with Gasteiger partial charge in [-0.05, 0) is 43.5 Å². The average Bonchev–Trinajstić information content (AvgIpc) is 3.17. The van der Waals surface area contributed by atoms with E-state index in [9.17, 15) is 4.79 Å². The van der Waals surface area contributed by atoms with Crippen molar-refractivity contribution in [1.82, 2.24) is 20.1 Å². The van der Waals surface area contributed by atoms with E-state index in [1.165, 1.54) is 0 Å². The van der Waals surface area contributed by atoms with Crippen molar-refractivity contribution < 1.29 is 9.53 Å². The lowest BCUT2D eigenvalue weighted by atomic mass is 9.96. The van der Waals surface area contributed by atoms with Gasteiger partial charge in [-0.25, -0.2) is 0 Å². The Morgan fingerprint density at radius 1 is 1.46 bits per heavy atom. The van der Waals surface area contributed by atoms with Crippen molar-refractivity contribution in [2.45, 2.75) is 38.8 Å². The molecule has 6 nitrogen and oxygen atoms in total. The van der Waals surface area contributed by atoms with Gasteiger partial charge < -0.3 is 14.6 Å². The van der Waals surface area contributed by atoms with E-state index in [-0.39, 0.29) is 17.9 Å². The number of halogens is 1. The molecule has 0 aliphatic carbocycles. The first-order chi connectivity index (χ1) is 11.6. The van der Waals surface area contributed by atoms with Crippen LogP contribution in [0.4, 0.5) is 0 Å². The summed E-state index contributed by atoms with van der Waals surface area (Å²) in [6.07, 6.45) is 2.68. The number of ether oxygens (including phenoxy) is 1. The Labute approximate surface area is 145 Å². The number of rotatable bonds is 3. The average molecular weight is 347 g/mol. The molecule has 2 atom stereocenters. The lowest BCUT2D eigenvalue weighted by Crippen LogP contribution is -2.39. The van der Waals surface area contributed by atoms with E-state index in [1.807, 2.05) is 19.1 Å². The molecule has 0 saturated carbocycles. The highest BCUT2D eigenvalue weighted by atomic mass is 35.5. The zero-order valence-electron chi connectivity index (χ0n) is 13.5. The zero-order valence-corrected chi connectivity index (χ0v) is 14.2. The second-order valence-electron chi connectivity index (χ2n) is 6.42. The van der Waals surface area contributed by atoms with Gasteiger partial charge in [0.2, 0.25) is 5.91 Å². The first kappa shape index (κ1) is 15.4. The summed E-state index contributed by atoms with van der Waals surface area (Å²) in [4.78, 5) is 12.6. The topological polar surface area (TPSA) is 69.0 Å². The zero-order chi connectivity index (χ0) is 16.7. The van der Waals surface area contributed by atoms with Crippen molar-refractivity contribution in [3.8, 4) is 5.75 Å². The highest BCUT2D eigenvalue weighted by molar-refractivity contribution is 6.30. The molecule has 0 bridgehead atoms. The Morgan fingerprint density at radius 3 is 3.21 bits per heavy atom. The maximum atomic E-state index is 12.6. The lowest BCUT2D eigenvalue weighted by Gasteiger charge is -2.26. The van der Waals surface area contributed by atoms with E-state index in [4.69, 9.17) is 16.3 Å². The SMILES string of the molecule is C[C@@H](NC(=O)[C@@H]1COc2ccc(Cl)cc2C1)c1nnc2n1CCC2. The number of nitrogens with one attached hydrogen (secondary N) is 1. The summed E-state index contributed by atoms with van der Waals surface area (Å²) < 4.78 is 7.81. The Balaban J connectivity index is 1.45. The molecule has 0 spiro atoms. The summed E-state index contributed by atoms with van der Waals surface area (Å²) in [6.45, 7) is 3.25. The van der Waals surface area contributed by atoms with Gasteiger partial charge in [0, 0.05) is 18.0 Å². The second kappa shape index (κ2) is 6.09. The standard InChI is InChI=1S/C17H19ClN4O2/c1-10(16-21-20-15-3-2-6-22(15)16)19-17(23)12-7-11-8-13(18)4-5-14(11)24-9-12/h4-5,8,10,12H,2-3,6-7,9H2,1H3,(H,19,23)/t10-,12+/m1/s1. The van der Waals surface area contributed by atoms with Gasteiger partial charge in [-0.2, -0.15) is 0 Å². The smallest absolute Gasteiger partial charge is 0.227 e. The number of carbonyl (C=O) groups excluding carboxylic acids is 1. The number of carbonyl (C=O) groups is 1. The number of benzene rings is 1. The summed E-state index contributed by atoms with van der Waals surface area (Å²) in [6, 6.07) is 5.35. The number of nitrogens with zero attached hydrogens (tertiary/aromatic N) is 3. The van der Waals surface area contributed by atoms with Gasteiger partial charge in [0.15, 0.2) is 5.82 Å². The Morgan fingerprint density at radius 2 is 2.33 bits per heavy atom. The van der Waals surface area contributed by atoms with Crippen LogP contribution in [-0.2, 0) is 24.2 Å². The molecule has 24 heavy (non-hydrogen) atoms. The van der Waals surface area contributed by atoms with Crippen LogP contribution in [0.5, 0.6) is 5.75 Å². The Hall–Kier alpha value is -2.08. The van der Waals surface area contributed by atoms with Gasteiger partial charge in [-0.15, -0.1) is 10.2 Å². The van der Waals surface area contributed by atoms with Gasteiger partial charge >= 0.3 is 0 Å². The first-order valence-corrected chi connectivity index (χ1v) is 8.63. The molecule has 126 valence electrons. The fourth-order valence-electron chi connectivity index (χ4n) is 3.42. The number of aromatic nitrogens is 3. The highest BCUT2D eigenvalue weighted by Gasteiger charge is 2.29. The van der Waals surface area contributed by atoms with Crippen molar-refractivity contribution in [1.29, 1.82) is 0 Å². The molecule has 1 aromatic carbocycles. The van der Waals surface area contributed by atoms with Crippen LogP contribution in [-0.4, -0.2) is 27.3 Å². The molecule has 0 fully saturated rings. The fourth-order valence-corrected chi connectivity index (χ4v) is 3.62. The molecule has 0 unspecified atom stereocenters. The van der Waals surface area contributed by atoms with Gasteiger partial charge in [-0.3, -0.25) is 4.79 Å². The van der Waals surface area contributed by atoms with Crippen molar-refractivity contribution in [2.24, 2.45) is 5.92 Å². The van der Waals surface area contributed by atoms with Crippen molar-refractivity contribution in [3.05, 3.63) is 40.4 Å². The van der Waals surface area contributed by atoms with Gasteiger partial charge in [0.25, 0.3) is 0 Å². The minimum Gasteiger partial charge on any atom is -0.492 e.